The van der Waals surface area contributed by atoms with E-state index in [1.165, 1.54) is 60.4 Å². The number of rotatable bonds is 9. The van der Waals surface area contributed by atoms with Crippen LogP contribution < -0.4 is 51.8 Å². The van der Waals surface area contributed by atoms with E-state index in [2.05, 4.69) is 322 Å². The Morgan fingerprint density at radius 1 is 0.263 bits per heavy atom. The van der Waals surface area contributed by atoms with E-state index in [4.69, 9.17) is 0 Å². The largest absolute Gasteiger partial charge is 0.311 e. The first-order valence-electron chi connectivity index (χ1n) is 27.5. The minimum atomic E-state index is -0.105. The van der Waals surface area contributed by atoms with Gasteiger partial charge in [0.25, 0.3) is 12.7 Å². The van der Waals surface area contributed by atoms with Crippen LogP contribution in [0, 0.1) is 0 Å². The fourth-order valence-corrected chi connectivity index (χ4v) is 14.4. The fraction of sp³-hybridized carbons (Fsp3) is 0. The molecule has 8 heteroatoms. The Morgan fingerprint density at radius 2 is 0.650 bits per heavy atom. The first kappa shape index (κ1) is 46.2. The number of benzene rings is 12. The normalized spacial score (nSPS) is 13.1. The number of fused-ring (bicyclic) bond motifs is 8. The summed E-state index contributed by atoms with van der Waals surface area (Å²) in [7, 11) is 0. The second-order valence-corrected chi connectivity index (χ2v) is 22.0. The Balaban J connectivity index is 1.01. The highest BCUT2D eigenvalue weighted by atomic mass is 32.2. The molecule has 80 heavy (non-hydrogen) atoms. The van der Waals surface area contributed by atoms with Crippen molar-refractivity contribution in [1.29, 1.82) is 0 Å². The molecule has 0 aliphatic carbocycles. The first-order chi connectivity index (χ1) is 39.7. The summed E-state index contributed by atoms with van der Waals surface area (Å²) in [5, 5.41) is 0. The lowest BCUT2D eigenvalue weighted by atomic mass is 9.33. The van der Waals surface area contributed by atoms with E-state index in [-0.39, 0.29) is 12.7 Å². The number of hydrogen-bond donors (Lipinski definition) is 0. The summed E-state index contributed by atoms with van der Waals surface area (Å²) >= 11 is 1.99. The lowest BCUT2D eigenvalue weighted by Crippen LogP contribution is -2.63. The molecule has 4 heterocycles. The lowest BCUT2D eigenvalue weighted by Gasteiger charge is -2.46. The minimum absolute atomic E-state index is 0.00974. The molecule has 16 rings (SSSR count). The van der Waals surface area contributed by atoms with E-state index >= 15 is 0 Å². The van der Waals surface area contributed by atoms with Gasteiger partial charge in [0.2, 0.25) is 0 Å². The van der Waals surface area contributed by atoms with E-state index in [9.17, 15) is 0 Å². The highest BCUT2D eigenvalue weighted by molar-refractivity contribution is 8.28. The molecule has 4 aliphatic heterocycles. The van der Waals surface area contributed by atoms with Crippen LogP contribution >= 0.6 is 11.6 Å². The summed E-state index contributed by atoms with van der Waals surface area (Å²) in [6.45, 7) is -0.105. The van der Waals surface area contributed by atoms with Gasteiger partial charge < -0.3 is 24.5 Å². The Kier molecular flexibility index (Phi) is 10.9. The van der Waals surface area contributed by atoms with Crippen LogP contribution in [0.3, 0.4) is 0 Å². The van der Waals surface area contributed by atoms with Crippen molar-refractivity contribution in [2.24, 2.45) is 0 Å². The Hall–Kier alpha value is -9.88. The van der Waals surface area contributed by atoms with E-state index < -0.39 is 0 Å². The Morgan fingerprint density at radius 3 is 1.15 bits per heavy atom. The van der Waals surface area contributed by atoms with Crippen LogP contribution in [0.25, 0.3) is 11.1 Å². The first-order valence-corrected chi connectivity index (χ1v) is 28.4. The van der Waals surface area contributed by atoms with E-state index in [0.717, 1.165) is 68.2 Å². The minimum Gasteiger partial charge on any atom is -0.311 e. The van der Waals surface area contributed by atoms with Gasteiger partial charge in [-0.05, 0) is 166 Å². The zero-order chi connectivity index (χ0) is 52.7. The van der Waals surface area contributed by atoms with E-state index in [0.29, 0.717) is 0 Å². The molecule has 0 unspecified atom stereocenters. The fourth-order valence-electron chi connectivity index (χ4n) is 13.0. The monoisotopic (exact) mass is 1040 g/mol. The third kappa shape index (κ3) is 7.37. The average Bonchev–Trinajstić information content (AvgIpc) is 3.68. The quantitative estimate of drug-likeness (QED) is 0.133. The maximum Gasteiger partial charge on any atom is 0.285 e. The molecular formula is C72H49B2N5S. The van der Waals surface area contributed by atoms with Crippen molar-refractivity contribution in [1.82, 2.24) is 0 Å². The van der Waals surface area contributed by atoms with Crippen molar-refractivity contribution in [3.63, 3.8) is 0 Å². The zero-order valence-electron chi connectivity index (χ0n) is 43.6. The molecule has 0 aromatic heterocycles. The molecule has 0 saturated carbocycles. The van der Waals surface area contributed by atoms with E-state index in [1.807, 2.05) is 11.6 Å². The van der Waals surface area contributed by atoms with Crippen LogP contribution in [-0.4, -0.2) is 12.7 Å². The van der Waals surface area contributed by atoms with Crippen molar-refractivity contribution in [3.05, 3.63) is 297 Å². The molecule has 0 fully saturated rings. The summed E-state index contributed by atoms with van der Waals surface area (Å²) < 4.78 is 0. The molecule has 0 N–H and O–H groups in total. The van der Waals surface area contributed by atoms with Gasteiger partial charge in [-0.3, -0.25) is 0 Å². The number of para-hydroxylation sites is 8. The molecule has 12 aromatic rings. The van der Waals surface area contributed by atoms with Crippen molar-refractivity contribution >= 4 is 137 Å². The molecule has 12 aromatic carbocycles. The molecule has 0 atom stereocenters. The van der Waals surface area contributed by atoms with E-state index in [1.54, 1.807) is 0 Å². The van der Waals surface area contributed by atoms with Gasteiger partial charge in [-0.2, -0.15) is 11.6 Å². The maximum atomic E-state index is 2.61. The summed E-state index contributed by atoms with van der Waals surface area (Å²) in [4.78, 5) is 13.8. The SMILES string of the molecule is c1ccc(N(c2ccccc2)c2cc3c4c(c2)N(c2ccccc2)c2cc5c(cc2B4Sc2ccccc2-3)B2c3ccccc3N(c3ccccc3)c3cc(N(c4ccccc4)c4ccccc4)cc(c32)N5c2ccccc2)cc1. The third-order valence-corrected chi connectivity index (χ3v) is 17.7. The topological polar surface area (TPSA) is 16.2 Å². The van der Waals surface area contributed by atoms with Gasteiger partial charge in [-0.1, -0.05) is 170 Å². The Bertz CT molecular complexity index is 4230. The predicted octanol–water partition coefficient (Wildman–Crippen LogP) is 16.4. The second-order valence-electron chi connectivity index (χ2n) is 20.8. The highest BCUT2D eigenvalue weighted by Crippen LogP contribution is 2.53. The van der Waals surface area contributed by atoms with Crippen LogP contribution in [0.4, 0.5) is 85.3 Å². The van der Waals surface area contributed by atoms with Crippen molar-refractivity contribution in [3.8, 4) is 11.1 Å². The van der Waals surface area contributed by atoms with Gasteiger partial charge in [0.1, 0.15) is 0 Å². The molecule has 0 bridgehead atoms. The molecule has 0 radical (unpaired) electrons. The molecule has 4 aliphatic rings. The highest BCUT2D eigenvalue weighted by Gasteiger charge is 2.48. The molecular weight excluding hydrogens is 989 g/mol. The molecule has 5 nitrogen and oxygen atoms in total. The summed E-state index contributed by atoms with van der Waals surface area (Å²) in [5.41, 5.74) is 25.8. The van der Waals surface area contributed by atoms with Crippen molar-refractivity contribution < 1.29 is 0 Å². The number of hydrogen-bond acceptors (Lipinski definition) is 6. The third-order valence-electron chi connectivity index (χ3n) is 16.3. The molecule has 0 spiro atoms. The van der Waals surface area contributed by atoms with Gasteiger partial charge in [0.05, 0.1) is 5.69 Å². The standard InChI is InChI=1S/C72H49B2N5S/c1-8-26-50(27-9-1)75(51-28-10-2-11-29-51)57-44-60-59-40-22-25-43-70(59)80-74-63-48-62-65(49-66(63)79(67(45-57)71(60)74)56-38-20-7-21-39-56)78(55-36-18-6-19-37-55)69-47-58(76(52-30-12-3-13-31-52)53-32-14-4-15-33-53)46-68-72(69)73(62)61-41-23-24-42-64(61)77(68)54-34-16-5-17-35-54/h1-49H. The summed E-state index contributed by atoms with van der Waals surface area (Å²) in [6, 6.07) is 109. The predicted molar refractivity (Wildman–Crippen MR) is 341 cm³/mol. The smallest absolute Gasteiger partial charge is 0.285 e. The summed E-state index contributed by atoms with van der Waals surface area (Å²) in [5.74, 6) is -0.00974. The van der Waals surface area contributed by atoms with Crippen molar-refractivity contribution in [2.75, 3.05) is 24.5 Å². The van der Waals surface area contributed by atoms with Crippen LogP contribution in [0.1, 0.15) is 0 Å². The average molecular weight is 1040 g/mol. The van der Waals surface area contributed by atoms with Gasteiger partial charge in [-0.15, -0.1) is 0 Å². The van der Waals surface area contributed by atoms with Gasteiger partial charge in [0, 0.05) is 84.5 Å². The molecule has 0 saturated heterocycles. The van der Waals surface area contributed by atoms with Crippen LogP contribution in [0.5, 0.6) is 0 Å². The van der Waals surface area contributed by atoms with Gasteiger partial charge >= 0.3 is 0 Å². The summed E-state index contributed by atoms with van der Waals surface area (Å²) in [6.07, 6.45) is 0. The van der Waals surface area contributed by atoms with Gasteiger partial charge in [0.15, 0.2) is 0 Å². The number of nitrogens with zero attached hydrogens (tertiary/aromatic N) is 5. The second kappa shape index (κ2) is 18.9. The number of anilines is 15. The van der Waals surface area contributed by atoms with Gasteiger partial charge in [-0.25, -0.2) is 0 Å². The van der Waals surface area contributed by atoms with Crippen LogP contribution in [0.15, 0.2) is 302 Å². The van der Waals surface area contributed by atoms with Crippen LogP contribution in [0.2, 0.25) is 0 Å². The Labute approximate surface area is 472 Å². The van der Waals surface area contributed by atoms with Crippen LogP contribution in [-0.2, 0) is 0 Å². The van der Waals surface area contributed by atoms with Crippen molar-refractivity contribution in [2.45, 2.75) is 4.90 Å². The zero-order valence-corrected chi connectivity index (χ0v) is 44.4. The molecule has 374 valence electrons. The lowest BCUT2D eigenvalue weighted by molar-refractivity contribution is 1.22. The maximum absolute atomic E-state index is 2.61. The molecule has 0 amide bonds.